The highest BCUT2D eigenvalue weighted by molar-refractivity contribution is 9.10. The molecule has 2 unspecified atom stereocenters. The highest BCUT2D eigenvalue weighted by atomic mass is 79.9. The summed E-state index contributed by atoms with van der Waals surface area (Å²) in [6.07, 6.45) is 1.12. The molecule has 0 bridgehead atoms. The molecule has 1 rings (SSSR count). The molecule has 5 heteroatoms. The summed E-state index contributed by atoms with van der Waals surface area (Å²) < 4.78 is 0.984. The highest BCUT2D eigenvalue weighted by Crippen LogP contribution is 2.17. The standard InChI is InChI=1S/C14H21BrN2O2/c1-3-5-13(18)9-16-14(19)17-10(2)11-6-4-7-12(15)8-11/h4,6-8,10,13,18H,3,5,9H2,1-2H3,(H2,16,17,19). The molecule has 0 saturated carbocycles. The maximum absolute atomic E-state index is 11.7. The zero-order chi connectivity index (χ0) is 14.3. The lowest BCUT2D eigenvalue weighted by Gasteiger charge is -2.16. The summed E-state index contributed by atoms with van der Waals surface area (Å²) in [5.74, 6) is 0. The molecule has 106 valence electrons. The van der Waals surface area contributed by atoms with Gasteiger partial charge in [-0.15, -0.1) is 0 Å². The number of hydrogen-bond acceptors (Lipinski definition) is 2. The van der Waals surface area contributed by atoms with Gasteiger partial charge in [0, 0.05) is 11.0 Å². The van der Waals surface area contributed by atoms with E-state index in [2.05, 4.69) is 26.6 Å². The van der Waals surface area contributed by atoms with E-state index in [1.165, 1.54) is 0 Å². The second kappa shape index (κ2) is 8.17. The molecule has 2 amide bonds. The number of nitrogens with one attached hydrogen (secondary N) is 2. The molecule has 0 aliphatic carbocycles. The van der Waals surface area contributed by atoms with Crippen LogP contribution in [-0.4, -0.2) is 23.8 Å². The predicted molar refractivity (Wildman–Crippen MR) is 80.0 cm³/mol. The van der Waals surface area contributed by atoms with Gasteiger partial charge in [-0.1, -0.05) is 41.4 Å². The van der Waals surface area contributed by atoms with Crippen molar-refractivity contribution in [1.29, 1.82) is 0 Å². The van der Waals surface area contributed by atoms with Crippen molar-refractivity contribution in [2.45, 2.75) is 38.8 Å². The van der Waals surface area contributed by atoms with Crippen LogP contribution in [0.15, 0.2) is 28.7 Å². The fourth-order valence-corrected chi connectivity index (χ4v) is 2.17. The van der Waals surface area contributed by atoms with Crippen molar-refractivity contribution in [2.24, 2.45) is 0 Å². The normalized spacial score (nSPS) is 13.7. The van der Waals surface area contributed by atoms with Crippen LogP contribution in [-0.2, 0) is 0 Å². The van der Waals surface area contributed by atoms with E-state index in [0.717, 1.165) is 16.5 Å². The number of aliphatic hydroxyl groups is 1. The second-order valence-electron chi connectivity index (χ2n) is 4.57. The molecule has 19 heavy (non-hydrogen) atoms. The van der Waals surface area contributed by atoms with Crippen LogP contribution in [0.4, 0.5) is 4.79 Å². The van der Waals surface area contributed by atoms with Crippen molar-refractivity contribution in [3.8, 4) is 0 Å². The number of aliphatic hydroxyl groups excluding tert-OH is 1. The predicted octanol–water partition coefficient (Wildman–Crippen LogP) is 2.97. The second-order valence-corrected chi connectivity index (χ2v) is 5.49. The maximum atomic E-state index is 11.7. The first kappa shape index (κ1) is 16.0. The SMILES string of the molecule is CCCC(O)CNC(=O)NC(C)c1cccc(Br)c1. The number of carbonyl (C=O) groups excluding carboxylic acids is 1. The number of carbonyl (C=O) groups is 1. The van der Waals surface area contributed by atoms with E-state index in [1.807, 2.05) is 38.1 Å². The van der Waals surface area contributed by atoms with Crippen LogP contribution in [0.3, 0.4) is 0 Å². The van der Waals surface area contributed by atoms with Gasteiger partial charge in [-0.2, -0.15) is 0 Å². The Labute approximate surface area is 122 Å². The molecule has 0 aliphatic rings. The Kier molecular flexibility index (Phi) is 6.87. The molecule has 1 aromatic carbocycles. The number of hydrogen-bond donors (Lipinski definition) is 3. The lowest BCUT2D eigenvalue weighted by Crippen LogP contribution is -2.40. The maximum Gasteiger partial charge on any atom is 0.315 e. The van der Waals surface area contributed by atoms with E-state index >= 15 is 0 Å². The Morgan fingerprint density at radius 1 is 1.47 bits per heavy atom. The molecular weight excluding hydrogens is 308 g/mol. The highest BCUT2D eigenvalue weighted by Gasteiger charge is 2.10. The van der Waals surface area contributed by atoms with E-state index in [-0.39, 0.29) is 18.6 Å². The minimum Gasteiger partial charge on any atom is -0.391 e. The molecule has 0 radical (unpaired) electrons. The zero-order valence-electron chi connectivity index (χ0n) is 11.3. The fourth-order valence-electron chi connectivity index (χ4n) is 1.75. The van der Waals surface area contributed by atoms with Gasteiger partial charge in [0.2, 0.25) is 0 Å². The monoisotopic (exact) mass is 328 g/mol. The summed E-state index contributed by atoms with van der Waals surface area (Å²) in [4.78, 5) is 11.7. The summed E-state index contributed by atoms with van der Waals surface area (Å²) in [6, 6.07) is 7.46. The van der Waals surface area contributed by atoms with Crippen molar-refractivity contribution in [3.63, 3.8) is 0 Å². The van der Waals surface area contributed by atoms with Crippen LogP contribution in [0.25, 0.3) is 0 Å². The fraction of sp³-hybridized carbons (Fsp3) is 0.500. The first-order chi connectivity index (χ1) is 9.02. The van der Waals surface area contributed by atoms with Crippen LogP contribution in [0.1, 0.15) is 38.3 Å². The summed E-state index contributed by atoms with van der Waals surface area (Å²) in [6.45, 7) is 4.20. The van der Waals surface area contributed by atoms with E-state index in [0.29, 0.717) is 6.42 Å². The molecular formula is C14H21BrN2O2. The van der Waals surface area contributed by atoms with E-state index < -0.39 is 6.10 Å². The molecule has 0 saturated heterocycles. The number of halogens is 1. The Bertz CT molecular complexity index is 412. The van der Waals surface area contributed by atoms with Gasteiger partial charge in [-0.3, -0.25) is 0 Å². The molecule has 0 aliphatic heterocycles. The summed E-state index contributed by atoms with van der Waals surface area (Å²) >= 11 is 3.40. The van der Waals surface area contributed by atoms with Gasteiger partial charge in [0.05, 0.1) is 12.1 Å². The third-order valence-corrected chi connectivity index (χ3v) is 3.31. The minimum absolute atomic E-state index is 0.0826. The van der Waals surface area contributed by atoms with Gasteiger partial charge in [-0.25, -0.2) is 4.79 Å². The van der Waals surface area contributed by atoms with Crippen LogP contribution in [0.5, 0.6) is 0 Å². The Morgan fingerprint density at radius 2 is 2.21 bits per heavy atom. The van der Waals surface area contributed by atoms with Gasteiger partial charge >= 0.3 is 6.03 Å². The van der Waals surface area contributed by atoms with Gasteiger partial charge in [-0.05, 0) is 31.0 Å². The number of amides is 2. The lowest BCUT2D eigenvalue weighted by atomic mass is 10.1. The average Bonchev–Trinajstić information content (AvgIpc) is 2.36. The van der Waals surface area contributed by atoms with Crippen molar-refractivity contribution in [1.82, 2.24) is 10.6 Å². The van der Waals surface area contributed by atoms with Crippen molar-refractivity contribution in [3.05, 3.63) is 34.3 Å². The topological polar surface area (TPSA) is 61.4 Å². The van der Waals surface area contributed by atoms with Crippen LogP contribution < -0.4 is 10.6 Å². The van der Waals surface area contributed by atoms with Crippen LogP contribution in [0, 0.1) is 0 Å². The number of benzene rings is 1. The van der Waals surface area contributed by atoms with Crippen LogP contribution in [0.2, 0.25) is 0 Å². The Hall–Kier alpha value is -1.07. The molecule has 0 fully saturated rings. The van der Waals surface area contributed by atoms with Gasteiger partial charge in [0.25, 0.3) is 0 Å². The van der Waals surface area contributed by atoms with E-state index in [1.54, 1.807) is 0 Å². The Balaban J connectivity index is 2.40. The molecule has 1 aromatic rings. The molecule has 0 heterocycles. The van der Waals surface area contributed by atoms with Gasteiger partial charge in [0.1, 0.15) is 0 Å². The number of rotatable bonds is 6. The first-order valence-electron chi connectivity index (χ1n) is 6.50. The first-order valence-corrected chi connectivity index (χ1v) is 7.30. The third kappa shape index (κ3) is 6.07. The molecule has 0 spiro atoms. The average molecular weight is 329 g/mol. The smallest absolute Gasteiger partial charge is 0.315 e. The summed E-state index contributed by atoms with van der Waals surface area (Å²) in [5, 5.41) is 15.0. The third-order valence-electron chi connectivity index (χ3n) is 2.82. The minimum atomic E-state index is -0.475. The quantitative estimate of drug-likeness (QED) is 0.751. The molecule has 3 N–H and O–H groups in total. The van der Waals surface area contributed by atoms with Gasteiger partial charge < -0.3 is 15.7 Å². The Morgan fingerprint density at radius 3 is 2.84 bits per heavy atom. The van der Waals surface area contributed by atoms with Gasteiger partial charge in [0.15, 0.2) is 0 Å². The molecule has 2 atom stereocenters. The van der Waals surface area contributed by atoms with Crippen molar-refractivity contribution >= 4 is 22.0 Å². The molecule has 4 nitrogen and oxygen atoms in total. The number of urea groups is 1. The van der Waals surface area contributed by atoms with Crippen LogP contribution >= 0.6 is 15.9 Å². The summed E-state index contributed by atoms with van der Waals surface area (Å²) in [5.41, 5.74) is 1.03. The molecule has 0 aromatic heterocycles. The zero-order valence-corrected chi connectivity index (χ0v) is 12.9. The summed E-state index contributed by atoms with van der Waals surface area (Å²) in [7, 11) is 0. The van der Waals surface area contributed by atoms with Crippen molar-refractivity contribution in [2.75, 3.05) is 6.54 Å². The van der Waals surface area contributed by atoms with Crippen molar-refractivity contribution < 1.29 is 9.90 Å². The van der Waals surface area contributed by atoms with E-state index in [9.17, 15) is 9.90 Å². The lowest BCUT2D eigenvalue weighted by molar-refractivity contribution is 0.160. The largest absolute Gasteiger partial charge is 0.391 e. The van der Waals surface area contributed by atoms with E-state index in [4.69, 9.17) is 0 Å².